The molecular formula is C13H8O3S. The number of aromatic carboxylic acids is 1. The van der Waals surface area contributed by atoms with E-state index in [-0.39, 0.29) is 5.76 Å². The van der Waals surface area contributed by atoms with Crippen molar-refractivity contribution >= 4 is 27.4 Å². The van der Waals surface area contributed by atoms with E-state index in [1.165, 1.54) is 6.07 Å². The molecular weight excluding hydrogens is 236 g/mol. The second kappa shape index (κ2) is 3.75. The van der Waals surface area contributed by atoms with Crippen LogP contribution < -0.4 is 0 Å². The second-order valence-corrected chi connectivity index (χ2v) is 4.70. The van der Waals surface area contributed by atoms with E-state index in [2.05, 4.69) is 0 Å². The van der Waals surface area contributed by atoms with Crippen LogP contribution in [0.2, 0.25) is 0 Å². The maximum absolute atomic E-state index is 10.7. The molecule has 2 aromatic heterocycles. The molecule has 1 aromatic carbocycles. The summed E-state index contributed by atoms with van der Waals surface area (Å²) in [6.45, 7) is 0. The Morgan fingerprint density at radius 2 is 2.00 bits per heavy atom. The Morgan fingerprint density at radius 1 is 1.18 bits per heavy atom. The lowest BCUT2D eigenvalue weighted by Crippen LogP contribution is -1.91. The standard InChI is InChI=1S/C13H8O3S/c14-13(15)10-6-5-9(16-10)12-7-8-3-1-2-4-11(8)17-12/h1-7H,(H,14,15). The van der Waals surface area contributed by atoms with E-state index in [1.54, 1.807) is 17.4 Å². The molecule has 0 aliphatic carbocycles. The van der Waals surface area contributed by atoms with Crippen LogP contribution in [-0.2, 0) is 0 Å². The van der Waals surface area contributed by atoms with Gasteiger partial charge in [0.15, 0.2) is 0 Å². The van der Waals surface area contributed by atoms with Gasteiger partial charge in [-0.25, -0.2) is 4.79 Å². The van der Waals surface area contributed by atoms with E-state index in [0.717, 1.165) is 15.0 Å². The van der Waals surface area contributed by atoms with Crippen molar-refractivity contribution in [3.05, 3.63) is 48.2 Å². The summed E-state index contributed by atoms with van der Waals surface area (Å²) in [6.07, 6.45) is 0. The van der Waals surface area contributed by atoms with Crippen LogP contribution in [0.25, 0.3) is 20.7 Å². The van der Waals surface area contributed by atoms with E-state index >= 15 is 0 Å². The van der Waals surface area contributed by atoms with Gasteiger partial charge in [0, 0.05) is 4.70 Å². The maximum atomic E-state index is 10.7. The Kier molecular flexibility index (Phi) is 2.23. The van der Waals surface area contributed by atoms with Gasteiger partial charge in [-0.05, 0) is 29.7 Å². The first-order valence-corrected chi connectivity index (χ1v) is 5.88. The highest BCUT2D eigenvalue weighted by molar-refractivity contribution is 7.22. The van der Waals surface area contributed by atoms with E-state index in [4.69, 9.17) is 9.52 Å². The molecule has 1 N–H and O–H groups in total. The number of furan rings is 1. The predicted octanol–water partition coefficient (Wildman–Crippen LogP) is 3.86. The van der Waals surface area contributed by atoms with Gasteiger partial charge in [0.05, 0.1) is 4.88 Å². The summed E-state index contributed by atoms with van der Waals surface area (Å²) in [6, 6.07) is 13.2. The zero-order valence-corrected chi connectivity index (χ0v) is 9.53. The Hall–Kier alpha value is -2.07. The number of carboxylic acid groups (broad SMARTS) is 1. The molecule has 0 atom stereocenters. The smallest absolute Gasteiger partial charge is 0.371 e. The van der Waals surface area contributed by atoms with Crippen molar-refractivity contribution in [2.24, 2.45) is 0 Å². The molecule has 0 unspecified atom stereocenters. The van der Waals surface area contributed by atoms with Crippen molar-refractivity contribution in [2.45, 2.75) is 0 Å². The number of carboxylic acids is 1. The van der Waals surface area contributed by atoms with Crippen molar-refractivity contribution < 1.29 is 14.3 Å². The Morgan fingerprint density at radius 3 is 2.71 bits per heavy atom. The number of hydrogen-bond donors (Lipinski definition) is 1. The number of benzene rings is 1. The minimum absolute atomic E-state index is 0.0301. The maximum Gasteiger partial charge on any atom is 0.371 e. The quantitative estimate of drug-likeness (QED) is 0.744. The minimum atomic E-state index is -1.04. The van der Waals surface area contributed by atoms with Crippen molar-refractivity contribution in [2.75, 3.05) is 0 Å². The van der Waals surface area contributed by atoms with E-state index in [9.17, 15) is 4.79 Å². The number of rotatable bonds is 2. The number of carbonyl (C=O) groups is 1. The first kappa shape index (κ1) is 10.1. The van der Waals surface area contributed by atoms with Crippen molar-refractivity contribution in [1.29, 1.82) is 0 Å². The van der Waals surface area contributed by atoms with Gasteiger partial charge < -0.3 is 9.52 Å². The lowest BCUT2D eigenvalue weighted by Gasteiger charge is -1.88. The normalized spacial score (nSPS) is 10.8. The SMILES string of the molecule is O=C(O)c1ccc(-c2cc3ccccc3s2)o1. The monoisotopic (exact) mass is 244 g/mol. The number of thiophene rings is 1. The van der Waals surface area contributed by atoms with Gasteiger partial charge in [-0.15, -0.1) is 11.3 Å². The van der Waals surface area contributed by atoms with Crippen LogP contribution in [0.1, 0.15) is 10.6 Å². The zero-order chi connectivity index (χ0) is 11.8. The lowest BCUT2D eigenvalue weighted by atomic mass is 10.2. The van der Waals surface area contributed by atoms with Gasteiger partial charge in [0.1, 0.15) is 5.76 Å². The molecule has 0 bridgehead atoms. The predicted molar refractivity (Wildman–Crippen MR) is 66.5 cm³/mol. The van der Waals surface area contributed by atoms with Gasteiger partial charge in [-0.1, -0.05) is 18.2 Å². The van der Waals surface area contributed by atoms with Gasteiger partial charge in [-0.2, -0.15) is 0 Å². The average molecular weight is 244 g/mol. The van der Waals surface area contributed by atoms with Crippen LogP contribution in [0.5, 0.6) is 0 Å². The van der Waals surface area contributed by atoms with E-state index in [1.807, 2.05) is 30.3 Å². The summed E-state index contributed by atoms with van der Waals surface area (Å²) >= 11 is 1.59. The van der Waals surface area contributed by atoms with Crippen LogP contribution in [0.3, 0.4) is 0 Å². The summed E-state index contributed by atoms with van der Waals surface area (Å²) in [4.78, 5) is 11.7. The molecule has 17 heavy (non-hydrogen) atoms. The average Bonchev–Trinajstić information content (AvgIpc) is 2.95. The molecule has 3 nitrogen and oxygen atoms in total. The summed E-state index contributed by atoms with van der Waals surface area (Å²) < 4.78 is 6.43. The van der Waals surface area contributed by atoms with Crippen molar-refractivity contribution in [3.63, 3.8) is 0 Å². The largest absolute Gasteiger partial charge is 0.475 e. The van der Waals surface area contributed by atoms with Crippen LogP contribution in [0.15, 0.2) is 46.9 Å². The highest BCUT2D eigenvalue weighted by Crippen LogP contribution is 2.34. The zero-order valence-electron chi connectivity index (χ0n) is 8.71. The van der Waals surface area contributed by atoms with Crippen molar-refractivity contribution in [3.8, 4) is 10.6 Å². The number of hydrogen-bond acceptors (Lipinski definition) is 3. The van der Waals surface area contributed by atoms with Gasteiger partial charge in [0.25, 0.3) is 0 Å². The molecule has 0 saturated carbocycles. The fraction of sp³-hybridized carbons (Fsp3) is 0. The summed E-state index contributed by atoms with van der Waals surface area (Å²) in [5.41, 5.74) is 0. The molecule has 84 valence electrons. The van der Waals surface area contributed by atoms with Gasteiger partial charge >= 0.3 is 5.97 Å². The molecule has 3 rings (SSSR count). The first-order valence-electron chi connectivity index (χ1n) is 5.06. The van der Waals surface area contributed by atoms with Crippen molar-refractivity contribution in [1.82, 2.24) is 0 Å². The van der Waals surface area contributed by atoms with Crippen LogP contribution >= 0.6 is 11.3 Å². The fourth-order valence-electron chi connectivity index (χ4n) is 1.69. The Balaban J connectivity index is 2.10. The van der Waals surface area contributed by atoms with Gasteiger partial charge in [0.2, 0.25) is 5.76 Å². The summed E-state index contributed by atoms with van der Waals surface area (Å²) in [5.74, 6) is -0.474. The molecule has 2 heterocycles. The second-order valence-electron chi connectivity index (χ2n) is 3.62. The molecule has 4 heteroatoms. The van der Waals surface area contributed by atoms with Crippen LogP contribution in [-0.4, -0.2) is 11.1 Å². The fourth-order valence-corrected chi connectivity index (χ4v) is 2.71. The highest BCUT2D eigenvalue weighted by Gasteiger charge is 2.12. The van der Waals surface area contributed by atoms with Crippen LogP contribution in [0, 0.1) is 0 Å². The van der Waals surface area contributed by atoms with E-state index in [0.29, 0.717) is 5.76 Å². The molecule has 0 radical (unpaired) electrons. The minimum Gasteiger partial charge on any atom is -0.475 e. The third-order valence-electron chi connectivity index (χ3n) is 2.49. The van der Waals surface area contributed by atoms with E-state index < -0.39 is 5.97 Å². The lowest BCUT2D eigenvalue weighted by molar-refractivity contribution is 0.0663. The van der Waals surface area contributed by atoms with Gasteiger partial charge in [-0.3, -0.25) is 0 Å². The number of fused-ring (bicyclic) bond motifs is 1. The molecule has 0 aliphatic heterocycles. The summed E-state index contributed by atoms with van der Waals surface area (Å²) in [7, 11) is 0. The Labute approximate surface area is 101 Å². The topological polar surface area (TPSA) is 50.4 Å². The molecule has 3 aromatic rings. The van der Waals surface area contributed by atoms with Crippen LogP contribution in [0.4, 0.5) is 0 Å². The molecule has 0 aliphatic rings. The third-order valence-corrected chi connectivity index (χ3v) is 3.62. The molecule has 0 saturated heterocycles. The molecule has 0 fully saturated rings. The molecule has 0 amide bonds. The summed E-state index contributed by atoms with van der Waals surface area (Å²) in [5, 5.41) is 9.93. The first-order chi connectivity index (χ1) is 8.24. The third kappa shape index (κ3) is 1.72. The highest BCUT2D eigenvalue weighted by atomic mass is 32.1. The molecule has 0 spiro atoms. The Bertz CT molecular complexity index is 660.